The summed E-state index contributed by atoms with van der Waals surface area (Å²) in [7, 11) is 0. The molecule has 0 radical (unpaired) electrons. The largest absolute Gasteiger partial charge is 0.462 e. The molecule has 350 valence electrons. The summed E-state index contributed by atoms with van der Waals surface area (Å²) in [5.74, 6) is -0.0644. The maximum absolute atomic E-state index is 12.8. The molecule has 0 saturated carbocycles. The Morgan fingerprint density at radius 2 is 0.559 bits per heavy atom. The SMILES string of the molecule is CCCCCCCCCCCCCCCCCCCC(=O)OC[C@H](COC(=O)CCCCCCCCCC(C)C)OC(=O)CCCCCCCCCCCCCCCC. The highest BCUT2D eigenvalue weighted by molar-refractivity contribution is 5.71. The van der Waals surface area contributed by atoms with E-state index < -0.39 is 6.10 Å². The molecule has 59 heavy (non-hydrogen) atoms. The summed E-state index contributed by atoms with van der Waals surface area (Å²) >= 11 is 0. The van der Waals surface area contributed by atoms with Gasteiger partial charge < -0.3 is 14.2 Å². The van der Waals surface area contributed by atoms with Crippen LogP contribution in [0.2, 0.25) is 0 Å². The van der Waals surface area contributed by atoms with Crippen molar-refractivity contribution in [2.24, 2.45) is 5.92 Å². The van der Waals surface area contributed by atoms with E-state index in [-0.39, 0.29) is 31.1 Å². The van der Waals surface area contributed by atoms with E-state index in [0.29, 0.717) is 19.3 Å². The Morgan fingerprint density at radius 3 is 0.831 bits per heavy atom. The molecule has 0 fully saturated rings. The Kier molecular flexibility index (Phi) is 46.2. The lowest BCUT2D eigenvalue weighted by molar-refractivity contribution is -0.167. The lowest BCUT2D eigenvalue weighted by atomic mass is 10.0. The molecule has 0 bridgehead atoms. The highest BCUT2D eigenvalue weighted by atomic mass is 16.6. The summed E-state index contributed by atoms with van der Waals surface area (Å²) < 4.78 is 16.8. The predicted molar refractivity (Wildman–Crippen MR) is 252 cm³/mol. The topological polar surface area (TPSA) is 78.9 Å². The van der Waals surface area contributed by atoms with Gasteiger partial charge in [-0.3, -0.25) is 14.4 Å². The third-order valence-electron chi connectivity index (χ3n) is 12.0. The first-order valence-electron chi connectivity index (χ1n) is 26.4. The molecule has 0 aromatic rings. The Morgan fingerprint density at radius 1 is 0.322 bits per heavy atom. The Balaban J connectivity index is 4.26. The van der Waals surface area contributed by atoms with Crippen molar-refractivity contribution in [3.05, 3.63) is 0 Å². The quantitative estimate of drug-likeness (QED) is 0.0345. The van der Waals surface area contributed by atoms with Gasteiger partial charge in [-0.05, 0) is 25.2 Å². The molecule has 0 heterocycles. The van der Waals surface area contributed by atoms with Gasteiger partial charge in [-0.15, -0.1) is 0 Å². The summed E-state index contributed by atoms with van der Waals surface area (Å²) in [5, 5.41) is 0. The summed E-state index contributed by atoms with van der Waals surface area (Å²) in [4.78, 5) is 37.9. The van der Waals surface area contributed by atoms with Gasteiger partial charge in [0.1, 0.15) is 13.2 Å². The summed E-state index contributed by atoms with van der Waals surface area (Å²) in [6, 6.07) is 0. The van der Waals surface area contributed by atoms with Gasteiger partial charge in [0, 0.05) is 19.3 Å². The van der Waals surface area contributed by atoms with E-state index in [4.69, 9.17) is 14.2 Å². The number of unbranched alkanes of at least 4 members (excludes halogenated alkanes) is 35. The van der Waals surface area contributed by atoms with Gasteiger partial charge in [-0.1, -0.05) is 259 Å². The number of rotatable bonds is 48. The highest BCUT2D eigenvalue weighted by Crippen LogP contribution is 2.17. The van der Waals surface area contributed by atoms with Crippen molar-refractivity contribution in [1.82, 2.24) is 0 Å². The third kappa shape index (κ3) is 47.3. The van der Waals surface area contributed by atoms with Crippen molar-refractivity contribution >= 4 is 17.9 Å². The smallest absolute Gasteiger partial charge is 0.306 e. The molecule has 0 amide bonds. The molecule has 0 unspecified atom stereocenters. The van der Waals surface area contributed by atoms with Crippen molar-refractivity contribution in [3.63, 3.8) is 0 Å². The molecule has 0 aliphatic rings. The first-order chi connectivity index (χ1) is 28.9. The molecule has 0 rings (SSSR count). The molecule has 0 saturated heterocycles. The fourth-order valence-corrected chi connectivity index (χ4v) is 8.04. The van der Waals surface area contributed by atoms with E-state index >= 15 is 0 Å². The molecule has 0 spiro atoms. The maximum atomic E-state index is 12.8. The fourth-order valence-electron chi connectivity index (χ4n) is 8.04. The van der Waals surface area contributed by atoms with Gasteiger partial charge in [-0.25, -0.2) is 0 Å². The Bertz CT molecular complexity index is 887. The number of carbonyl (C=O) groups is 3. The molecule has 1 atom stereocenters. The van der Waals surface area contributed by atoms with Crippen LogP contribution in [0.25, 0.3) is 0 Å². The second kappa shape index (κ2) is 47.5. The number of hydrogen-bond donors (Lipinski definition) is 0. The number of esters is 3. The van der Waals surface area contributed by atoms with Crippen molar-refractivity contribution in [3.8, 4) is 0 Å². The van der Waals surface area contributed by atoms with E-state index in [1.165, 1.54) is 193 Å². The summed E-state index contributed by atoms with van der Waals surface area (Å²) in [6.45, 7) is 8.98. The predicted octanol–water partition coefficient (Wildman–Crippen LogP) is 17.1. The van der Waals surface area contributed by atoms with Gasteiger partial charge in [0.05, 0.1) is 0 Å². The average molecular weight is 835 g/mol. The first-order valence-corrected chi connectivity index (χ1v) is 26.4. The fraction of sp³-hybridized carbons (Fsp3) is 0.943. The Hall–Kier alpha value is -1.59. The molecule has 6 heteroatoms. The molecule has 6 nitrogen and oxygen atoms in total. The van der Waals surface area contributed by atoms with E-state index in [0.717, 1.165) is 63.7 Å². The zero-order valence-corrected chi connectivity index (χ0v) is 40.2. The maximum Gasteiger partial charge on any atom is 0.306 e. The van der Waals surface area contributed by atoms with E-state index in [1.54, 1.807) is 0 Å². The zero-order valence-electron chi connectivity index (χ0n) is 40.2. The standard InChI is InChI=1S/C53H102O6/c1-5-7-9-11-13-15-17-19-21-22-23-25-26-28-32-36-40-44-51(54)57-47-50(48-58-52(55)45-41-37-34-30-31-35-39-43-49(3)4)59-53(56)46-42-38-33-29-27-24-20-18-16-14-12-10-8-6-2/h49-50H,5-48H2,1-4H3/t50-/m1/s1. The van der Waals surface area contributed by atoms with E-state index in [1.807, 2.05) is 0 Å². The van der Waals surface area contributed by atoms with Crippen LogP contribution < -0.4 is 0 Å². The molecular weight excluding hydrogens is 733 g/mol. The van der Waals surface area contributed by atoms with Gasteiger partial charge in [-0.2, -0.15) is 0 Å². The molecule has 0 aliphatic carbocycles. The van der Waals surface area contributed by atoms with Crippen LogP contribution >= 0.6 is 0 Å². The van der Waals surface area contributed by atoms with Crippen molar-refractivity contribution in [2.75, 3.05) is 13.2 Å². The van der Waals surface area contributed by atoms with Crippen LogP contribution in [0.3, 0.4) is 0 Å². The lowest BCUT2D eigenvalue weighted by Gasteiger charge is -2.18. The van der Waals surface area contributed by atoms with Gasteiger partial charge in [0.15, 0.2) is 6.10 Å². The molecule has 0 aromatic heterocycles. The van der Waals surface area contributed by atoms with Crippen LogP contribution in [0.4, 0.5) is 0 Å². The van der Waals surface area contributed by atoms with Crippen LogP contribution in [0.15, 0.2) is 0 Å². The van der Waals surface area contributed by atoms with E-state index in [9.17, 15) is 14.4 Å². The second-order valence-corrected chi connectivity index (χ2v) is 18.6. The normalized spacial score (nSPS) is 11.9. The lowest BCUT2D eigenvalue weighted by Crippen LogP contribution is -2.30. The Labute approximate surface area is 368 Å². The molecule has 0 N–H and O–H groups in total. The first kappa shape index (κ1) is 57.4. The van der Waals surface area contributed by atoms with Gasteiger partial charge in [0.25, 0.3) is 0 Å². The van der Waals surface area contributed by atoms with Crippen LogP contribution in [0, 0.1) is 5.92 Å². The van der Waals surface area contributed by atoms with Crippen molar-refractivity contribution < 1.29 is 28.6 Å². The summed E-state index contributed by atoms with van der Waals surface area (Å²) in [5.41, 5.74) is 0. The number of ether oxygens (including phenoxy) is 3. The minimum absolute atomic E-state index is 0.0631. The zero-order chi connectivity index (χ0) is 43.1. The second-order valence-electron chi connectivity index (χ2n) is 18.6. The highest BCUT2D eigenvalue weighted by Gasteiger charge is 2.19. The van der Waals surface area contributed by atoms with Crippen LogP contribution in [-0.4, -0.2) is 37.2 Å². The molecule has 0 aromatic carbocycles. The third-order valence-corrected chi connectivity index (χ3v) is 12.0. The minimum Gasteiger partial charge on any atom is -0.462 e. The van der Waals surface area contributed by atoms with Gasteiger partial charge in [0.2, 0.25) is 0 Å². The average Bonchev–Trinajstić information content (AvgIpc) is 3.22. The molecule has 0 aliphatic heterocycles. The van der Waals surface area contributed by atoms with Crippen molar-refractivity contribution in [1.29, 1.82) is 0 Å². The van der Waals surface area contributed by atoms with Crippen LogP contribution in [0.1, 0.15) is 297 Å². The monoisotopic (exact) mass is 835 g/mol. The van der Waals surface area contributed by atoms with Crippen LogP contribution in [-0.2, 0) is 28.6 Å². The summed E-state index contributed by atoms with van der Waals surface area (Å²) in [6.07, 6.45) is 49.5. The number of carbonyl (C=O) groups excluding carboxylic acids is 3. The van der Waals surface area contributed by atoms with Crippen LogP contribution in [0.5, 0.6) is 0 Å². The van der Waals surface area contributed by atoms with Crippen molar-refractivity contribution in [2.45, 2.75) is 303 Å². The molecular formula is C53H102O6. The van der Waals surface area contributed by atoms with Gasteiger partial charge >= 0.3 is 17.9 Å². The number of hydrogen-bond acceptors (Lipinski definition) is 6. The minimum atomic E-state index is -0.761. The van der Waals surface area contributed by atoms with E-state index in [2.05, 4.69) is 27.7 Å².